The first-order valence-electron chi connectivity index (χ1n) is 26.9. The first kappa shape index (κ1) is 62.1. The molecular formula is C60H98O6. The Bertz CT molecular complexity index is 1370. The van der Waals surface area contributed by atoms with Gasteiger partial charge in [0.1, 0.15) is 13.2 Å². The number of carbonyl (C=O) groups excluding carboxylic acids is 3. The zero-order valence-electron chi connectivity index (χ0n) is 42.7. The Labute approximate surface area is 406 Å². The van der Waals surface area contributed by atoms with Crippen LogP contribution in [-0.2, 0) is 28.6 Å². The summed E-state index contributed by atoms with van der Waals surface area (Å²) in [6.45, 7) is 6.39. The fourth-order valence-electron chi connectivity index (χ4n) is 6.95. The van der Waals surface area contributed by atoms with E-state index in [1.54, 1.807) is 0 Å². The molecule has 6 heteroatoms. The fourth-order valence-corrected chi connectivity index (χ4v) is 6.95. The average molecular weight is 915 g/mol. The van der Waals surface area contributed by atoms with Gasteiger partial charge in [-0.25, -0.2) is 0 Å². The minimum atomic E-state index is -0.816. The molecule has 0 aromatic carbocycles. The normalized spacial score (nSPS) is 13.0. The molecule has 0 amide bonds. The summed E-state index contributed by atoms with van der Waals surface area (Å²) in [6.07, 6.45) is 72.2. The maximum absolute atomic E-state index is 12.8. The highest BCUT2D eigenvalue weighted by atomic mass is 16.6. The molecule has 1 atom stereocenters. The second-order valence-corrected chi connectivity index (χ2v) is 17.4. The first-order chi connectivity index (χ1) is 32.5. The molecule has 0 N–H and O–H groups in total. The van der Waals surface area contributed by atoms with Crippen molar-refractivity contribution in [3.63, 3.8) is 0 Å². The van der Waals surface area contributed by atoms with Crippen molar-refractivity contribution in [2.75, 3.05) is 13.2 Å². The lowest BCUT2D eigenvalue weighted by Gasteiger charge is -2.18. The summed E-state index contributed by atoms with van der Waals surface area (Å²) in [7, 11) is 0. The van der Waals surface area contributed by atoms with E-state index in [4.69, 9.17) is 14.2 Å². The third-order valence-corrected chi connectivity index (χ3v) is 11.0. The van der Waals surface area contributed by atoms with Crippen LogP contribution in [0.3, 0.4) is 0 Å². The van der Waals surface area contributed by atoms with Gasteiger partial charge in [-0.1, -0.05) is 201 Å². The van der Waals surface area contributed by atoms with Crippen LogP contribution in [0.1, 0.15) is 233 Å². The molecule has 374 valence electrons. The van der Waals surface area contributed by atoms with E-state index >= 15 is 0 Å². The standard InChI is InChI=1S/C60H98O6/c1-4-7-10-13-16-19-22-25-28-30-32-35-38-41-44-47-50-53-59(62)65-56-57(55-64-58(61)52-49-46-43-40-37-34-27-24-21-18-15-12-9-6-3)66-60(63)54-51-48-45-42-39-36-33-31-29-26-23-20-17-14-11-8-5-2/h9,12,16-21,25-29,32,34-35,41,44,57H,4-8,10-11,13-15,22-24,30-31,33,36-40,42-43,45-56H2,1-3H3/b12-9-,19-16-,20-17-,21-18-,28-25-,29-26-,34-27-,35-32-,44-41-. The predicted octanol–water partition coefficient (Wildman–Crippen LogP) is 17.9. The van der Waals surface area contributed by atoms with Crippen LogP contribution in [0.25, 0.3) is 0 Å². The SMILES string of the molecule is CC/C=C\C/C=C\C/C=C\CCCCCCC(=O)OCC(COC(=O)CCC/C=C\C/C=C\C/C=C\C/C=C\CCCCC)OC(=O)CCCCCCCCC/C=C\C/C=C\CCCCC. The van der Waals surface area contributed by atoms with Crippen LogP contribution in [-0.4, -0.2) is 37.2 Å². The number of allylic oxidation sites excluding steroid dienone is 18. The van der Waals surface area contributed by atoms with Gasteiger partial charge in [0.25, 0.3) is 0 Å². The van der Waals surface area contributed by atoms with Crippen molar-refractivity contribution in [2.45, 2.75) is 239 Å². The van der Waals surface area contributed by atoms with E-state index in [2.05, 4.69) is 130 Å². The molecule has 0 bridgehead atoms. The molecular weight excluding hydrogens is 817 g/mol. The van der Waals surface area contributed by atoms with Gasteiger partial charge in [-0.3, -0.25) is 14.4 Å². The Morgan fingerprint density at radius 1 is 0.318 bits per heavy atom. The summed E-state index contributed by atoms with van der Waals surface area (Å²) >= 11 is 0. The second-order valence-electron chi connectivity index (χ2n) is 17.4. The monoisotopic (exact) mass is 915 g/mol. The number of hydrogen-bond acceptors (Lipinski definition) is 6. The van der Waals surface area contributed by atoms with Gasteiger partial charge in [0.2, 0.25) is 0 Å². The van der Waals surface area contributed by atoms with Crippen molar-refractivity contribution in [1.82, 2.24) is 0 Å². The second kappa shape index (κ2) is 53.7. The lowest BCUT2D eigenvalue weighted by atomic mass is 10.1. The van der Waals surface area contributed by atoms with Crippen LogP contribution < -0.4 is 0 Å². The summed E-state index contributed by atoms with van der Waals surface area (Å²) in [5.41, 5.74) is 0. The molecule has 66 heavy (non-hydrogen) atoms. The maximum atomic E-state index is 12.8. The number of ether oxygens (including phenoxy) is 3. The Morgan fingerprint density at radius 2 is 0.606 bits per heavy atom. The molecule has 0 rings (SSSR count). The van der Waals surface area contributed by atoms with Crippen LogP contribution in [0.15, 0.2) is 109 Å². The minimum absolute atomic E-state index is 0.112. The molecule has 0 aliphatic carbocycles. The molecule has 0 saturated carbocycles. The summed E-state index contributed by atoms with van der Waals surface area (Å²) < 4.78 is 16.8. The average Bonchev–Trinajstić information content (AvgIpc) is 3.31. The number of unbranched alkanes of at least 4 members (excludes halogenated alkanes) is 18. The van der Waals surface area contributed by atoms with Gasteiger partial charge in [0, 0.05) is 19.3 Å². The van der Waals surface area contributed by atoms with Crippen LogP contribution in [0, 0.1) is 0 Å². The van der Waals surface area contributed by atoms with Crippen molar-refractivity contribution in [3.8, 4) is 0 Å². The maximum Gasteiger partial charge on any atom is 0.306 e. The van der Waals surface area contributed by atoms with E-state index in [1.165, 1.54) is 77.0 Å². The van der Waals surface area contributed by atoms with Crippen molar-refractivity contribution in [2.24, 2.45) is 0 Å². The van der Waals surface area contributed by atoms with Gasteiger partial charge in [-0.2, -0.15) is 0 Å². The van der Waals surface area contributed by atoms with Gasteiger partial charge >= 0.3 is 17.9 Å². The highest BCUT2D eigenvalue weighted by Crippen LogP contribution is 2.13. The van der Waals surface area contributed by atoms with E-state index in [0.29, 0.717) is 19.3 Å². The van der Waals surface area contributed by atoms with Gasteiger partial charge in [-0.05, 0) is 122 Å². The first-order valence-corrected chi connectivity index (χ1v) is 26.9. The predicted molar refractivity (Wildman–Crippen MR) is 283 cm³/mol. The van der Waals surface area contributed by atoms with E-state index in [1.807, 2.05) is 0 Å². The highest BCUT2D eigenvalue weighted by molar-refractivity contribution is 5.71. The Hall–Kier alpha value is -3.93. The molecule has 0 fully saturated rings. The number of carbonyl (C=O) groups is 3. The van der Waals surface area contributed by atoms with E-state index in [0.717, 1.165) is 109 Å². The highest BCUT2D eigenvalue weighted by Gasteiger charge is 2.19. The van der Waals surface area contributed by atoms with E-state index in [9.17, 15) is 14.4 Å². The lowest BCUT2D eigenvalue weighted by Crippen LogP contribution is -2.30. The van der Waals surface area contributed by atoms with Gasteiger partial charge in [0.15, 0.2) is 6.10 Å². The van der Waals surface area contributed by atoms with Crippen LogP contribution in [0.5, 0.6) is 0 Å². The molecule has 6 nitrogen and oxygen atoms in total. The number of esters is 3. The molecule has 0 aromatic rings. The van der Waals surface area contributed by atoms with Crippen molar-refractivity contribution >= 4 is 17.9 Å². The molecule has 0 heterocycles. The van der Waals surface area contributed by atoms with Gasteiger partial charge in [-0.15, -0.1) is 0 Å². The molecule has 0 saturated heterocycles. The van der Waals surface area contributed by atoms with Crippen LogP contribution in [0.4, 0.5) is 0 Å². The van der Waals surface area contributed by atoms with Gasteiger partial charge in [0.05, 0.1) is 0 Å². The van der Waals surface area contributed by atoms with Crippen LogP contribution >= 0.6 is 0 Å². The van der Waals surface area contributed by atoms with Crippen LogP contribution in [0.2, 0.25) is 0 Å². The van der Waals surface area contributed by atoms with Crippen molar-refractivity contribution in [3.05, 3.63) is 109 Å². The third kappa shape index (κ3) is 51.1. The molecule has 1 unspecified atom stereocenters. The Kier molecular flexibility index (Phi) is 50.5. The zero-order chi connectivity index (χ0) is 47.9. The van der Waals surface area contributed by atoms with E-state index in [-0.39, 0.29) is 37.5 Å². The smallest absolute Gasteiger partial charge is 0.306 e. The lowest BCUT2D eigenvalue weighted by molar-refractivity contribution is -0.167. The summed E-state index contributed by atoms with van der Waals surface area (Å²) in [5, 5.41) is 0. The summed E-state index contributed by atoms with van der Waals surface area (Å²) in [5.74, 6) is -1.00. The van der Waals surface area contributed by atoms with Gasteiger partial charge < -0.3 is 14.2 Å². The Balaban J connectivity index is 4.53. The summed E-state index contributed by atoms with van der Waals surface area (Å²) in [4.78, 5) is 38.0. The third-order valence-electron chi connectivity index (χ3n) is 11.0. The molecule has 0 aliphatic heterocycles. The molecule has 0 aliphatic rings. The quantitative estimate of drug-likeness (QED) is 0.0262. The Morgan fingerprint density at radius 3 is 0.985 bits per heavy atom. The number of hydrogen-bond donors (Lipinski definition) is 0. The minimum Gasteiger partial charge on any atom is -0.462 e. The van der Waals surface area contributed by atoms with Crippen molar-refractivity contribution < 1.29 is 28.6 Å². The number of rotatable bonds is 47. The van der Waals surface area contributed by atoms with E-state index < -0.39 is 6.10 Å². The fraction of sp³-hybridized carbons (Fsp3) is 0.650. The molecule has 0 spiro atoms. The topological polar surface area (TPSA) is 78.9 Å². The molecule has 0 aromatic heterocycles. The zero-order valence-corrected chi connectivity index (χ0v) is 42.7. The molecule has 0 radical (unpaired) electrons. The largest absolute Gasteiger partial charge is 0.462 e. The summed E-state index contributed by atoms with van der Waals surface area (Å²) in [6, 6.07) is 0. The van der Waals surface area contributed by atoms with Crippen molar-refractivity contribution in [1.29, 1.82) is 0 Å².